The zero-order valence-corrected chi connectivity index (χ0v) is 7.72. The van der Waals surface area contributed by atoms with Gasteiger partial charge in [-0.2, -0.15) is 0 Å². The molecule has 0 fully saturated rings. The summed E-state index contributed by atoms with van der Waals surface area (Å²) in [6.45, 7) is 5.14. The molecule has 0 spiro atoms. The highest BCUT2D eigenvalue weighted by Gasteiger charge is 1.97. The van der Waals surface area contributed by atoms with Crippen molar-refractivity contribution in [3.05, 3.63) is 55.1 Å². The first-order valence-corrected chi connectivity index (χ1v) is 4.29. The van der Waals surface area contributed by atoms with Crippen LogP contribution in [0.25, 0.3) is 0 Å². The maximum absolute atomic E-state index is 11.1. The summed E-state index contributed by atoms with van der Waals surface area (Å²) in [5.74, 6) is 0.150. The third-order valence-electron chi connectivity index (χ3n) is 1.49. The Bertz CT molecular complexity index is 325. The summed E-state index contributed by atoms with van der Waals surface area (Å²) in [6, 6.07) is 8.91. The molecule has 14 heavy (non-hydrogen) atoms. The third kappa shape index (κ3) is 3.72. The second-order valence-electron chi connectivity index (χ2n) is 2.61. The van der Waals surface area contributed by atoms with E-state index >= 15 is 0 Å². The number of benzene rings is 1. The van der Waals surface area contributed by atoms with Gasteiger partial charge in [0.1, 0.15) is 5.75 Å². The summed E-state index contributed by atoms with van der Waals surface area (Å²) in [5.41, 5.74) is 0. The van der Waals surface area contributed by atoms with E-state index in [-0.39, 0.29) is 0 Å². The van der Waals surface area contributed by atoms with Crippen LogP contribution in [0.15, 0.2) is 48.6 Å². The fourth-order valence-corrected chi connectivity index (χ4v) is 0.882. The van der Waals surface area contributed by atoms with E-state index in [0.717, 1.165) is 0 Å². The van der Waals surface area contributed by atoms with Crippen molar-refractivity contribution in [1.29, 1.82) is 0 Å². The van der Waals surface area contributed by atoms with Crippen molar-refractivity contribution < 1.29 is 9.53 Å². The lowest BCUT2D eigenvalue weighted by Gasteiger charge is -1.98. The minimum atomic E-state index is -0.391. The van der Waals surface area contributed by atoms with Gasteiger partial charge in [-0.3, -0.25) is 0 Å². The number of rotatable bonds is 4. The molecule has 0 unspecified atom stereocenters. The van der Waals surface area contributed by atoms with Gasteiger partial charge in [0.05, 0.1) is 0 Å². The van der Waals surface area contributed by atoms with Gasteiger partial charge in [0.2, 0.25) is 0 Å². The number of ether oxygens (including phenoxy) is 1. The molecule has 0 aromatic heterocycles. The van der Waals surface area contributed by atoms with Crippen molar-refractivity contribution in [3.8, 4) is 5.75 Å². The smallest absolute Gasteiger partial charge is 0.335 e. The van der Waals surface area contributed by atoms with Gasteiger partial charge in [0, 0.05) is 6.08 Å². The Morgan fingerprint density at radius 1 is 1.36 bits per heavy atom. The molecule has 0 heterocycles. The lowest BCUT2D eigenvalue weighted by atomic mass is 10.3. The van der Waals surface area contributed by atoms with E-state index in [1.807, 2.05) is 6.07 Å². The van der Waals surface area contributed by atoms with E-state index < -0.39 is 5.97 Å². The van der Waals surface area contributed by atoms with Gasteiger partial charge in [-0.15, -0.1) is 0 Å². The molecule has 0 saturated carbocycles. The van der Waals surface area contributed by atoms with Crippen molar-refractivity contribution in [3.63, 3.8) is 0 Å². The zero-order chi connectivity index (χ0) is 10.2. The SMILES string of the molecule is [CH]=CC/C=C/C(=O)Oc1ccccc1. The van der Waals surface area contributed by atoms with Crippen LogP contribution < -0.4 is 4.74 Å². The Labute approximate surface area is 83.5 Å². The number of para-hydroxylation sites is 1. The molecular formula is C12H11O2. The molecule has 1 rings (SSSR count). The van der Waals surface area contributed by atoms with E-state index in [1.54, 1.807) is 30.3 Å². The van der Waals surface area contributed by atoms with Crippen LogP contribution in [0.3, 0.4) is 0 Å². The molecular weight excluding hydrogens is 176 g/mol. The molecule has 2 nitrogen and oxygen atoms in total. The molecule has 1 radical (unpaired) electrons. The van der Waals surface area contributed by atoms with Gasteiger partial charge in [-0.05, 0) is 18.6 Å². The molecule has 1 aromatic carbocycles. The molecule has 0 N–H and O–H groups in total. The second-order valence-corrected chi connectivity index (χ2v) is 2.61. The quantitative estimate of drug-likeness (QED) is 0.411. The molecule has 0 amide bonds. The predicted molar refractivity (Wildman–Crippen MR) is 54.7 cm³/mol. The molecule has 0 aliphatic rings. The summed E-state index contributed by atoms with van der Waals surface area (Å²) in [6.07, 6.45) is 5.03. The first kappa shape index (κ1) is 10.3. The Morgan fingerprint density at radius 3 is 2.71 bits per heavy atom. The van der Waals surface area contributed by atoms with Crippen LogP contribution >= 0.6 is 0 Å². The van der Waals surface area contributed by atoms with Gasteiger partial charge in [-0.25, -0.2) is 4.79 Å². The first-order chi connectivity index (χ1) is 6.83. The van der Waals surface area contributed by atoms with Crippen LogP contribution in [0.2, 0.25) is 0 Å². The Balaban J connectivity index is 2.45. The van der Waals surface area contributed by atoms with Gasteiger partial charge in [0.25, 0.3) is 0 Å². The van der Waals surface area contributed by atoms with Gasteiger partial charge in [0.15, 0.2) is 0 Å². The van der Waals surface area contributed by atoms with Crippen molar-refractivity contribution in [1.82, 2.24) is 0 Å². The number of esters is 1. The number of carbonyl (C=O) groups is 1. The molecule has 1 aromatic rings. The number of hydrogen-bond acceptors (Lipinski definition) is 2. The van der Waals surface area contributed by atoms with E-state index in [1.165, 1.54) is 12.2 Å². The van der Waals surface area contributed by atoms with E-state index in [0.29, 0.717) is 12.2 Å². The van der Waals surface area contributed by atoms with Crippen LogP contribution in [0.1, 0.15) is 6.42 Å². The monoisotopic (exact) mass is 187 g/mol. The Kier molecular flexibility index (Phi) is 4.21. The van der Waals surface area contributed by atoms with E-state index in [4.69, 9.17) is 11.3 Å². The van der Waals surface area contributed by atoms with Gasteiger partial charge < -0.3 is 4.74 Å². The summed E-state index contributed by atoms with van der Waals surface area (Å²) in [4.78, 5) is 11.1. The Hall–Kier alpha value is -1.83. The summed E-state index contributed by atoms with van der Waals surface area (Å²) >= 11 is 0. The minimum Gasteiger partial charge on any atom is -0.423 e. The molecule has 0 atom stereocenters. The van der Waals surface area contributed by atoms with Crippen LogP contribution in [0.4, 0.5) is 0 Å². The molecule has 71 valence electrons. The largest absolute Gasteiger partial charge is 0.423 e. The standard InChI is InChI=1S/C12H11O2/c1-2-3-5-10-12(13)14-11-8-6-4-7-9-11/h1-2,4-10H,3H2/b2-1?,10-5+. The zero-order valence-electron chi connectivity index (χ0n) is 7.72. The average Bonchev–Trinajstić information content (AvgIpc) is 2.20. The number of allylic oxidation sites excluding steroid dienone is 2. The van der Waals surface area contributed by atoms with Crippen LogP contribution in [-0.4, -0.2) is 5.97 Å². The lowest BCUT2D eigenvalue weighted by Crippen LogP contribution is -2.03. The highest BCUT2D eigenvalue weighted by molar-refractivity contribution is 5.83. The molecule has 0 aliphatic carbocycles. The molecule has 0 saturated heterocycles. The van der Waals surface area contributed by atoms with Crippen LogP contribution in [0.5, 0.6) is 5.75 Å². The lowest BCUT2D eigenvalue weighted by molar-refractivity contribution is -0.129. The minimum absolute atomic E-state index is 0.391. The van der Waals surface area contributed by atoms with Crippen molar-refractivity contribution >= 4 is 5.97 Å². The maximum Gasteiger partial charge on any atom is 0.335 e. The average molecular weight is 187 g/mol. The van der Waals surface area contributed by atoms with Crippen LogP contribution in [-0.2, 0) is 4.79 Å². The van der Waals surface area contributed by atoms with Gasteiger partial charge in [-0.1, -0.05) is 36.9 Å². The maximum atomic E-state index is 11.1. The summed E-state index contributed by atoms with van der Waals surface area (Å²) in [7, 11) is 0. The fraction of sp³-hybridized carbons (Fsp3) is 0.0833. The summed E-state index contributed by atoms with van der Waals surface area (Å²) < 4.78 is 4.98. The predicted octanol–water partition coefficient (Wildman–Crippen LogP) is 2.53. The van der Waals surface area contributed by atoms with Crippen LogP contribution in [0, 0.1) is 6.58 Å². The number of hydrogen-bond donors (Lipinski definition) is 0. The molecule has 2 heteroatoms. The second kappa shape index (κ2) is 5.75. The van der Waals surface area contributed by atoms with Crippen molar-refractivity contribution in [2.75, 3.05) is 0 Å². The topological polar surface area (TPSA) is 26.3 Å². The highest BCUT2D eigenvalue weighted by atomic mass is 16.5. The normalized spacial score (nSPS) is 10.0. The Morgan fingerprint density at radius 2 is 2.07 bits per heavy atom. The number of carbonyl (C=O) groups excluding carboxylic acids is 1. The first-order valence-electron chi connectivity index (χ1n) is 4.29. The van der Waals surface area contributed by atoms with Crippen molar-refractivity contribution in [2.24, 2.45) is 0 Å². The van der Waals surface area contributed by atoms with Gasteiger partial charge >= 0.3 is 5.97 Å². The highest BCUT2D eigenvalue weighted by Crippen LogP contribution is 2.08. The van der Waals surface area contributed by atoms with E-state index in [2.05, 4.69) is 0 Å². The molecule has 0 aliphatic heterocycles. The summed E-state index contributed by atoms with van der Waals surface area (Å²) in [5, 5.41) is 0. The fourth-order valence-electron chi connectivity index (χ4n) is 0.882. The molecule has 0 bridgehead atoms. The third-order valence-corrected chi connectivity index (χ3v) is 1.49. The van der Waals surface area contributed by atoms with Crippen molar-refractivity contribution in [2.45, 2.75) is 6.42 Å². The van der Waals surface area contributed by atoms with E-state index in [9.17, 15) is 4.79 Å².